The minimum Gasteiger partial charge on any atom is -0.356 e. The fourth-order valence-corrected chi connectivity index (χ4v) is 3.87. The van der Waals surface area contributed by atoms with Crippen molar-refractivity contribution in [2.75, 3.05) is 11.9 Å². The van der Waals surface area contributed by atoms with Crippen molar-refractivity contribution in [3.63, 3.8) is 0 Å². The van der Waals surface area contributed by atoms with Crippen LogP contribution in [0.3, 0.4) is 0 Å². The molecular formula is C27H25FN4O4. The standard InChI is InChI=1S/C27H25FN4O4/c1-2-15-29-24(33)16-18-11-13-19(14-12-18)32-26(35)20-7-3-6-10-23(20)31(27(32)36)17-25(34)30-22-9-5-4-8-21(22)28/h3-14H,2,15-17H2,1H3,(H,29,33)(H,30,34). The Morgan fingerprint density at radius 2 is 1.58 bits per heavy atom. The molecule has 0 aliphatic heterocycles. The molecule has 4 rings (SSSR count). The Kier molecular flexibility index (Phi) is 7.39. The van der Waals surface area contributed by atoms with Gasteiger partial charge in [0.2, 0.25) is 11.8 Å². The number of hydrogen-bond donors (Lipinski definition) is 2. The predicted octanol–water partition coefficient (Wildman–Crippen LogP) is 3.00. The van der Waals surface area contributed by atoms with E-state index in [-0.39, 0.29) is 28.9 Å². The number of rotatable bonds is 8. The Morgan fingerprint density at radius 3 is 2.31 bits per heavy atom. The van der Waals surface area contributed by atoms with Gasteiger partial charge in [-0.3, -0.25) is 19.0 Å². The van der Waals surface area contributed by atoms with Crippen LogP contribution >= 0.6 is 0 Å². The van der Waals surface area contributed by atoms with Crippen LogP contribution in [-0.4, -0.2) is 27.5 Å². The molecule has 0 spiro atoms. The zero-order chi connectivity index (χ0) is 25.7. The number of nitrogens with zero attached hydrogens (tertiary/aromatic N) is 2. The molecule has 0 unspecified atom stereocenters. The molecule has 0 radical (unpaired) electrons. The third-order valence-corrected chi connectivity index (χ3v) is 5.63. The zero-order valence-electron chi connectivity index (χ0n) is 19.7. The van der Waals surface area contributed by atoms with Gasteiger partial charge in [0.05, 0.1) is 28.7 Å². The highest BCUT2D eigenvalue weighted by Crippen LogP contribution is 2.14. The number of aromatic nitrogens is 2. The van der Waals surface area contributed by atoms with Gasteiger partial charge in [-0.2, -0.15) is 0 Å². The van der Waals surface area contributed by atoms with E-state index in [0.29, 0.717) is 12.2 Å². The van der Waals surface area contributed by atoms with Gasteiger partial charge >= 0.3 is 5.69 Å². The Labute approximate surface area is 206 Å². The van der Waals surface area contributed by atoms with Gasteiger partial charge in [-0.25, -0.2) is 13.8 Å². The second-order valence-electron chi connectivity index (χ2n) is 8.25. The molecule has 0 atom stereocenters. The Hall–Kier alpha value is -4.53. The van der Waals surface area contributed by atoms with Gasteiger partial charge in [0.1, 0.15) is 12.4 Å². The van der Waals surface area contributed by atoms with Crippen LogP contribution in [0.15, 0.2) is 82.4 Å². The number of halogens is 1. The van der Waals surface area contributed by atoms with E-state index in [4.69, 9.17) is 0 Å². The van der Waals surface area contributed by atoms with Crippen LogP contribution in [0.25, 0.3) is 16.6 Å². The number of para-hydroxylation sites is 2. The quantitative estimate of drug-likeness (QED) is 0.398. The maximum atomic E-state index is 14.0. The topological polar surface area (TPSA) is 102 Å². The molecular weight excluding hydrogens is 463 g/mol. The van der Waals surface area contributed by atoms with Gasteiger partial charge in [-0.1, -0.05) is 43.3 Å². The number of hydrogen-bond acceptors (Lipinski definition) is 4. The van der Waals surface area contributed by atoms with Crippen molar-refractivity contribution in [1.82, 2.24) is 14.5 Å². The van der Waals surface area contributed by atoms with Gasteiger partial charge in [0.25, 0.3) is 5.56 Å². The molecule has 3 aromatic carbocycles. The second kappa shape index (κ2) is 10.8. The summed E-state index contributed by atoms with van der Waals surface area (Å²) in [7, 11) is 0. The zero-order valence-corrected chi connectivity index (χ0v) is 19.7. The molecule has 0 saturated heterocycles. The van der Waals surface area contributed by atoms with Crippen molar-refractivity contribution in [2.24, 2.45) is 0 Å². The molecule has 2 amide bonds. The summed E-state index contributed by atoms with van der Waals surface area (Å²) >= 11 is 0. The first-order valence-electron chi connectivity index (χ1n) is 11.5. The van der Waals surface area contributed by atoms with Crippen LogP contribution in [0.4, 0.5) is 10.1 Å². The van der Waals surface area contributed by atoms with E-state index in [9.17, 15) is 23.6 Å². The first-order valence-corrected chi connectivity index (χ1v) is 11.5. The molecule has 2 N–H and O–H groups in total. The highest BCUT2D eigenvalue weighted by atomic mass is 19.1. The van der Waals surface area contributed by atoms with E-state index in [0.717, 1.165) is 16.6 Å². The smallest absolute Gasteiger partial charge is 0.336 e. The molecule has 9 heteroatoms. The number of amides is 2. The maximum absolute atomic E-state index is 14.0. The summed E-state index contributed by atoms with van der Waals surface area (Å²) in [6, 6.07) is 18.7. The lowest BCUT2D eigenvalue weighted by molar-refractivity contribution is -0.120. The number of nitrogens with one attached hydrogen (secondary N) is 2. The first-order chi connectivity index (χ1) is 17.4. The number of carbonyl (C=O) groups excluding carboxylic acids is 2. The van der Waals surface area contributed by atoms with E-state index in [2.05, 4.69) is 10.6 Å². The second-order valence-corrected chi connectivity index (χ2v) is 8.25. The van der Waals surface area contributed by atoms with Crippen molar-refractivity contribution in [1.29, 1.82) is 0 Å². The highest BCUT2D eigenvalue weighted by Gasteiger charge is 2.17. The molecule has 4 aromatic rings. The molecule has 0 aliphatic rings. The minimum absolute atomic E-state index is 0.00765. The molecule has 8 nitrogen and oxygen atoms in total. The molecule has 1 aromatic heterocycles. The summed E-state index contributed by atoms with van der Waals surface area (Å²) in [5.41, 5.74) is 0.0662. The normalized spacial score (nSPS) is 10.8. The van der Waals surface area contributed by atoms with Crippen LogP contribution in [0.2, 0.25) is 0 Å². The summed E-state index contributed by atoms with van der Waals surface area (Å²) in [4.78, 5) is 51.4. The number of fused-ring (bicyclic) bond motifs is 1. The number of carbonyl (C=O) groups is 2. The Bertz CT molecular complexity index is 1540. The summed E-state index contributed by atoms with van der Waals surface area (Å²) < 4.78 is 16.1. The van der Waals surface area contributed by atoms with Crippen molar-refractivity contribution in [2.45, 2.75) is 26.3 Å². The average molecular weight is 489 g/mol. The third kappa shape index (κ3) is 5.25. The lowest BCUT2D eigenvalue weighted by atomic mass is 10.1. The van der Waals surface area contributed by atoms with Crippen LogP contribution in [0, 0.1) is 5.82 Å². The SMILES string of the molecule is CCCNC(=O)Cc1ccc(-n2c(=O)c3ccccc3n(CC(=O)Nc3ccccc3F)c2=O)cc1. The molecule has 0 saturated carbocycles. The van der Waals surface area contributed by atoms with Crippen molar-refractivity contribution in [3.05, 3.63) is 105 Å². The first kappa shape index (κ1) is 24.6. The minimum atomic E-state index is -0.712. The molecule has 0 fully saturated rings. The summed E-state index contributed by atoms with van der Waals surface area (Å²) in [5, 5.41) is 5.52. The van der Waals surface area contributed by atoms with Gasteiger partial charge < -0.3 is 10.6 Å². The van der Waals surface area contributed by atoms with Gasteiger partial charge in [0.15, 0.2) is 0 Å². The van der Waals surface area contributed by atoms with Gasteiger partial charge in [0, 0.05) is 6.54 Å². The summed E-state index contributed by atoms with van der Waals surface area (Å²) in [6.45, 7) is 2.13. The predicted molar refractivity (Wildman–Crippen MR) is 136 cm³/mol. The monoisotopic (exact) mass is 488 g/mol. The van der Waals surface area contributed by atoms with Gasteiger partial charge in [-0.05, 0) is 48.4 Å². The van der Waals surface area contributed by atoms with E-state index in [1.165, 1.54) is 22.8 Å². The number of benzene rings is 3. The summed E-state index contributed by atoms with van der Waals surface area (Å²) in [5.74, 6) is -1.34. The van der Waals surface area contributed by atoms with Crippen LogP contribution < -0.4 is 21.9 Å². The lowest BCUT2D eigenvalue weighted by Crippen LogP contribution is -2.40. The molecule has 36 heavy (non-hydrogen) atoms. The fraction of sp³-hybridized carbons (Fsp3) is 0.185. The Balaban J connectivity index is 1.70. The largest absolute Gasteiger partial charge is 0.356 e. The molecule has 1 heterocycles. The number of anilines is 1. The van der Waals surface area contributed by atoms with E-state index >= 15 is 0 Å². The van der Waals surface area contributed by atoms with E-state index in [1.807, 2.05) is 6.92 Å². The van der Waals surface area contributed by atoms with Crippen LogP contribution in [0.1, 0.15) is 18.9 Å². The molecule has 0 aliphatic carbocycles. The van der Waals surface area contributed by atoms with E-state index in [1.54, 1.807) is 54.6 Å². The van der Waals surface area contributed by atoms with Crippen molar-refractivity contribution >= 4 is 28.4 Å². The van der Waals surface area contributed by atoms with E-state index < -0.39 is 29.5 Å². The third-order valence-electron chi connectivity index (χ3n) is 5.63. The molecule has 0 bridgehead atoms. The summed E-state index contributed by atoms with van der Waals surface area (Å²) in [6.07, 6.45) is 1.01. The van der Waals surface area contributed by atoms with Crippen molar-refractivity contribution < 1.29 is 14.0 Å². The highest BCUT2D eigenvalue weighted by molar-refractivity contribution is 5.91. The average Bonchev–Trinajstić information content (AvgIpc) is 2.88. The van der Waals surface area contributed by atoms with Crippen LogP contribution in [0.5, 0.6) is 0 Å². The maximum Gasteiger partial charge on any atom is 0.336 e. The lowest BCUT2D eigenvalue weighted by Gasteiger charge is -2.15. The van der Waals surface area contributed by atoms with Gasteiger partial charge in [-0.15, -0.1) is 0 Å². The fourth-order valence-electron chi connectivity index (χ4n) is 3.87. The Morgan fingerprint density at radius 1 is 0.889 bits per heavy atom. The van der Waals surface area contributed by atoms with Crippen LogP contribution in [-0.2, 0) is 22.6 Å². The van der Waals surface area contributed by atoms with Crippen molar-refractivity contribution in [3.8, 4) is 5.69 Å². The molecule has 184 valence electrons.